The van der Waals surface area contributed by atoms with Crippen LogP contribution in [-0.4, -0.2) is 29.3 Å². The molecular formula is C8H10O4S4. The van der Waals surface area contributed by atoms with E-state index in [-0.39, 0.29) is 0 Å². The van der Waals surface area contributed by atoms with Crippen LogP contribution in [0.1, 0.15) is 0 Å². The quantitative estimate of drug-likeness (QED) is 0.789. The third-order valence-corrected chi connectivity index (χ3v) is 5.82. The van der Waals surface area contributed by atoms with Crippen LogP contribution in [0, 0.1) is 0 Å². The predicted molar refractivity (Wildman–Crippen MR) is 67.8 cm³/mol. The molecule has 1 aromatic carbocycles. The van der Waals surface area contributed by atoms with Gasteiger partial charge in [0.1, 0.15) is 0 Å². The minimum atomic E-state index is -3.13. The summed E-state index contributed by atoms with van der Waals surface area (Å²) in [5.41, 5.74) is 0. The molecule has 0 heterocycles. The summed E-state index contributed by atoms with van der Waals surface area (Å²) in [7, 11) is -4.79. The van der Waals surface area contributed by atoms with E-state index >= 15 is 0 Å². The lowest BCUT2D eigenvalue weighted by Gasteiger charge is -2.01. The summed E-state index contributed by atoms with van der Waals surface area (Å²) in [6.45, 7) is 0. The second kappa shape index (κ2) is 4.99. The molecule has 0 fully saturated rings. The number of benzene rings is 1. The minimum Gasteiger partial charge on any atom is -0.217 e. The zero-order chi connectivity index (χ0) is 12.4. The van der Waals surface area contributed by atoms with Crippen molar-refractivity contribution in [3.63, 3.8) is 0 Å². The largest absolute Gasteiger partial charge is 0.217 e. The Hall–Kier alpha value is -0.180. The van der Waals surface area contributed by atoms with Crippen molar-refractivity contribution in [2.45, 2.75) is 9.79 Å². The van der Waals surface area contributed by atoms with E-state index in [1.165, 1.54) is 0 Å². The SMILES string of the molecule is CS(=O)(=O)Sc1ccc(SS(C)(=O)=O)cc1. The van der Waals surface area contributed by atoms with E-state index in [0.717, 1.165) is 34.1 Å². The fraction of sp³-hybridized carbons (Fsp3) is 0.250. The second-order valence-corrected chi connectivity index (χ2v) is 11.8. The van der Waals surface area contributed by atoms with Crippen LogP contribution in [0.15, 0.2) is 34.1 Å². The molecule has 90 valence electrons. The Morgan fingerprint density at radius 3 is 1.19 bits per heavy atom. The molecule has 0 spiro atoms. The van der Waals surface area contributed by atoms with Gasteiger partial charge in [0.2, 0.25) is 17.7 Å². The molecule has 0 saturated carbocycles. The zero-order valence-corrected chi connectivity index (χ0v) is 11.8. The first-order valence-corrected chi connectivity index (χ1v) is 10.5. The van der Waals surface area contributed by atoms with Crippen LogP contribution >= 0.6 is 21.6 Å². The lowest BCUT2D eigenvalue weighted by Crippen LogP contribution is -1.89. The Labute approximate surface area is 102 Å². The number of rotatable bonds is 4. The minimum absolute atomic E-state index is 0.570. The van der Waals surface area contributed by atoms with E-state index in [1.807, 2.05) is 0 Å². The summed E-state index contributed by atoms with van der Waals surface area (Å²) in [6, 6.07) is 6.33. The van der Waals surface area contributed by atoms with Crippen molar-refractivity contribution in [3.05, 3.63) is 24.3 Å². The molecule has 16 heavy (non-hydrogen) atoms. The predicted octanol–water partition coefficient (Wildman–Crippen LogP) is 1.79. The zero-order valence-electron chi connectivity index (χ0n) is 8.58. The summed E-state index contributed by atoms with van der Waals surface area (Å²) in [5, 5.41) is 0. The Morgan fingerprint density at radius 2 is 1.00 bits per heavy atom. The molecule has 1 rings (SSSR count). The molecule has 0 aliphatic heterocycles. The Balaban J connectivity index is 2.84. The van der Waals surface area contributed by atoms with Crippen LogP contribution in [-0.2, 0) is 17.7 Å². The molecule has 0 aliphatic rings. The van der Waals surface area contributed by atoms with E-state index in [4.69, 9.17) is 0 Å². The molecule has 4 nitrogen and oxygen atoms in total. The smallest absolute Gasteiger partial charge is 0.203 e. The highest BCUT2D eigenvalue weighted by Gasteiger charge is 2.08. The van der Waals surface area contributed by atoms with Gasteiger partial charge in [-0.1, -0.05) is 0 Å². The van der Waals surface area contributed by atoms with Gasteiger partial charge in [-0.3, -0.25) is 0 Å². The Bertz CT molecular complexity index is 504. The van der Waals surface area contributed by atoms with Crippen molar-refractivity contribution >= 4 is 39.3 Å². The number of hydrogen-bond donors (Lipinski definition) is 0. The molecule has 8 heteroatoms. The molecule has 1 aromatic rings. The van der Waals surface area contributed by atoms with Crippen LogP contribution in [0.3, 0.4) is 0 Å². The highest BCUT2D eigenvalue weighted by Crippen LogP contribution is 2.28. The van der Waals surface area contributed by atoms with Gasteiger partial charge < -0.3 is 0 Å². The van der Waals surface area contributed by atoms with E-state index in [2.05, 4.69) is 0 Å². The van der Waals surface area contributed by atoms with Gasteiger partial charge in [0.25, 0.3) is 0 Å². The lowest BCUT2D eigenvalue weighted by molar-refractivity contribution is 0.614. The van der Waals surface area contributed by atoms with Crippen molar-refractivity contribution < 1.29 is 16.8 Å². The van der Waals surface area contributed by atoms with Gasteiger partial charge in [0, 0.05) is 43.9 Å². The van der Waals surface area contributed by atoms with Crippen molar-refractivity contribution in [2.75, 3.05) is 12.5 Å². The van der Waals surface area contributed by atoms with Crippen LogP contribution < -0.4 is 0 Å². The molecule has 0 bridgehead atoms. The molecule has 0 amide bonds. The van der Waals surface area contributed by atoms with Crippen LogP contribution in [0.4, 0.5) is 0 Å². The normalized spacial score (nSPS) is 12.6. The lowest BCUT2D eigenvalue weighted by atomic mass is 10.4. The van der Waals surface area contributed by atoms with Crippen LogP contribution in [0.25, 0.3) is 0 Å². The summed E-state index contributed by atoms with van der Waals surface area (Å²) >= 11 is 0. The molecule has 0 aliphatic carbocycles. The molecule has 0 N–H and O–H groups in total. The second-order valence-electron chi connectivity index (χ2n) is 3.05. The van der Waals surface area contributed by atoms with Crippen LogP contribution in [0.2, 0.25) is 0 Å². The van der Waals surface area contributed by atoms with Gasteiger partial charge in [0.15, 0.2) is 0 Å². The Kier molecular flexibility index (Phi) is 4.33. The summed E-state index contributed by atoms with van der Waals surface area (Å²) in [5.74, 6) is 0. The molecule has 0 radical (unpaired) electrons. The summed E-state index contributed by atoms with van der Waals surface area (Å²) < 4.78 is 43.9. The Morgan fingerprint density at radius 1 is 0.750 bits per heavy atom. The summed E-state index contributed by atoms with van der Waals surface area (Å²) in [6.07, 6.45) is 2.24. The molecular weight excluding hydrogens is 288 g/mol. The van der Waals surface area contributed by atoms with Crippen molar-refractivity contribution in [3.8, 4) is 0 Å². The highest BCUT2D eigenvalue weighted by atomic mass is 33.1. The standard InChI is InChI=1S/C8H10O4S4/c1-15(9,10)13-7-3-5-8(6-4-7)14-16(2,11)12/h3-6H,1-2H3. The molecule has 0 unspecified atom stereocenters. The fourth-order valence-corrected chi connectivity index (χ4v) is 4.86. The summed E-state index contributed by atoms with van der Waals surface area (Å²) in [4.78, 5) is 1.14. The molecule has 0 aromatic heterocycles. The molecule has 0 saturated heterocycles. The average molecular weight is 298 g/mol. The van der Waals surface area contributed by atoms with Gasteiger partial charge in [-0.05, 0) is 24.3 Å². The fourth-order valence-electron chi connectivity index (χ4n) is 0.900. The van der Waals surface area contributed by atoms with Gasteiger partial charge >= 0.3 is 0 Å². The first-order valence-electron chi connectivity index (χ1n) is 4.05. The van der Waals surface area contributed by atoms with Crippen molar-refractivity contribution in [1.29, 1.82) is 0 Å². The van der Waals surface area contributed by atoms with E-state index in [0.29, 0.717) is 9.79 Å². The monoisotopic (exact) mass is 298 g/mol. The highest BCUT2D eigenvalue weighted by molar-refractivity contribution is 8.72. The number of hydrogen-bond acceptors (Lipinski definition) is 6. The van der Waals surface area contributed by atoms with E-state index in [9.17, 15) is 16.8 Å². The van der Waals surface area contributed by atoms with Crippen molar-refractivity contribution in [1.82, 2.24) is 0 Å². The average Bonchev–Trinajstić information content (AvgIpc) is 2.03. The molecule has 0 atom stereocenters. The maximum atomic E-state index is 11.0. The maximum absolute atomic E-state index is 11.0. The van der Waals surface area contributed by atoms with Gasteiger partial charge in [0.05, 0.1) is 0 Å². The van der Waals surface area contributed by atoms with Crippen molar-refractivity contribution in [2.24, 2.45) is 0 Å². The van der Waals surface area contributed by atoms with E-state index in [1.54, 1.807) is 24.3 Å². The van der Waals surface area contributed by atoms with Gasteiger partial charge in [-0.25, -0.2) is 16.8 Å². The van der Waals surface area contributed by atoms with Gasteiger partial charge in [-0.15, -0.1) is 0 Å². The van der Waals surface area contributed by atoms with Crippen LogP contribution in [0.5, 0.6) is 0 Å². The van der Waals surface area contributed by atoms with Gasteiger partial charge in [-0.2, -0.15) is 0 Å². The van der Waals surface area contributed by atoms with E-state index < -0.39 is 17.7 Å². The first kappa shape index (κ1) is 13.9. The third-order valence-electron chi connectivity index (χ3n) is 1.32. The maximum Gasteiger partial charge on any atom is 0.203 e. The first-order chi connectivity index (χ1) is 7.16. The topological polar surface area (TPSA) is 68.3 Å². The third kappa shape index (κ3) is 5.78.